The van der Waals surface area contributed by atoms with Gasteiger partial charge in [0.1, 0.15) is 5.60 Å². The van der Waals surface area contributed by atoms with Crippen molar-refractivity contribution < 1.29 is 24.5 Å². The van der Waals surface area contributed by atoms with E-state index in [0.29, 0.717) is 12.8 Å². The number of aliphatic hydroxyl groups is 1. The van der Waals surface area contributed by atoms with Gasteiger partial charge in [0.15, 0.2) is 0 Å². The van der Waals surface area contributed by atoms with Crippen molar-refractivity contribution in [1.82, 2.24) is 10.6 Å². The molecule has 0 aromatic rings. The minimum absolute atomic E-state index is 0.274. The zero-order chi connectivity index (χ0) is 14.6. The summed E-state index contributed by atoms with van der Waals surface area (Å²) in [5, 5.41) is 23.5. The Kier molecular flexibility index (Phi) is 4.99. The molecule has 0 aromatic heterocycles. The van der Waals surface area contributed by atoms with Gasteiger partial charge in [-0.2, -0.15) is 0 Å². The van der Waals surface area contributed by atoms with Crippen molar-refractivity contribution in [2.24, 2.45) is 0 Å². The minimum atomic E-state index is -1.10. The highest BCUT2D eigenvalue weighted by atomic mass is 16.6. The van der Waals surface area contributed by atoms with Crippen molar-refractivity contribution in [3.63, 3.8) is 0 Å². The monoisotopic (exact) mass is 274 g/mol. The molecule has 1 aliphatic rings. The van der Waals surface area contributed by atoms with E-state index >= 15 is 0 Å². The smallest absolute Gasteiger partial charge is 0.407 e. The molecular weight excluding hydrogens is 252 g/mol. The molecule has 1 rings (SSSR count). The lowest BCUT2D eigenvalue weighted by atomic mass is 9.89. The summed E-state index contributed by atoms with van der Waals surface area (Å²) in [4.78, 5) is 22.1. The van der Waals surface area contributed by atoms with Gasteiger partial charge in [-0.05, 0) is 40.0 Å². The average Bonchev–Trinajstić information content (AvgIpc) is 2.18. The van der Waals surface area contributed by atoms with Gasteiger partial charge in [-0.1, -0.05) is 0 Å². The minimum Gasteiger partial charge on any atom is -0.465 e. The maximum absolute atomic E-state index is 11.6. The molecule has 7 heteroatoms. The summed E-state index contributed by atoms with van der Waals surface area (Å²) in [6, 6.07) is -0.675. The Morgan fingerprint density at radius 3 is 2.32 bits per heavy atom. The Hall–Kier alpha value is -1.50. The van der Waals surface area contributed by atoms with E-state index in [2.05, 4.69) is 10.6 Å². The lowest BCUT2D eigenvalue weighted by Gasteiger charge is -2.33. The highest BCUT2D eigenvalue weighted by Gasteiger charge is 2.31. The SMILES string of the molecule is CC(C)(C)OC(=O)NC1CCC(NC(=O)O)CC1O. The first-order valence-corrected chi connectivity index (χ1v) is 6.34. The van der Waals surface area contributed by atoms with Crippen LogP contribution in [0.3, 0.4) is 0 Å². The highest BCUT2D eigenvalue weighted by molar-refractivity contribution is 5.68. The molecule has 3 unspecified atom stereocenters. The van der Waals surface area contributed by atoms with Crippen molar-refractivity contribution in [2.75, 3.05) is 0 Å². The Labute approximate surface area is 112 Å². The first-order chi connectivity index (χ1) is 8.67. The Bertz CT molecular complexity index is 340. The zero-order valence-corrected chi connectivity index (χ0v) is 11.5. The van der Waals surface area contributed by atoms with Gasteiger partial charge >= 0.3 is 12.2 Å². The summed E-state index contributed by atoms with van der Waals surface area (Å²) in [5.41, 5.74) is -0.586. The molecule has 110 valence electrons. The van der Waals surface area contributed by atoms with Crippen molar-refractivity contribution >= 4 is 12.2 Å². The summed E-state index contributed by atoms with van der Waals surface area (Å²) in [6.07, 6.45) is -1.09. The largest absolute Gasteiger partial charge is 0.465 e. The summed E-state index contributed by atoms with van der Waals surface area (Å²) in [5.74, 6) is 0. The fourth-order valence-corrected chi connectivity index (χ4v) is 2.08. The first-order valence-electron chi connectivity index (χ1n) is 6.34. The fraction of sp³-hybridized carbons (Fsp3) is 0.833. The predicted molar refractivity (Wildman–Crippen MR) is 68.0 cm³/mol. The maximum Gasteiger partial charge on any atom is 0.407 e. The van der Waals surface area contributed by atoms with E-state index in [9.17, 15) is 14.7 Å². The maximum atomic E-state index is 11.6. The predicted octanol–water partition coefficient (Wildman–Crippen LogP) is 1.06. The number of carbonyl (C=O) groups is 2. The summed E-state index contributed by atoms with van der Waals surface area (Å²) < 4.78 is 5.11. The van der Waals surface area contributed by atoms with Crippen LogP contribution in [0.25, 0.3) is 0 Å². The fourth-order valence-electron chi connectivity index (χ4n) is 2.08. The molecule has 2 amide bonds. The second-order valence-corrected chi connectivity index (χ2v) is 5.78. The van der Waals surface area contributed by atoms with Crippen molar-refractivity contribution in [2.45, 2.75) is 63.8 Å². The van der Waals surface area contributed by atoms with Crippen LogP contribution in [-0.2, 0) is 4.74 Å². The number of amides is 2. The molecule has 0 aromatic carbocycles. The van der Waals surface area contributed by atoms with E-state index in [-0.39, 0.29) is 12.5 Å². The third-order valence-corrected chi connectivity index (χ3v) is 2.85. The second-order valence-electron chi connectivity index (χ2n) is 5.78. The van der Waals surface area contributed by atoms with Gasteiger partial charge in [0.05, 0.1) is 12.1 Å². The van der Waals surface area contributed by atoms with Crippen LogP contribution in [-0.4, -0.2) is 46.2 Å². The average molecular weight is 274 g/mol. The molecule has 1 fully saturated rings. The Morgan fingerprint density at radius 1 is 1.21 bits per heavy atom. The number of nitrogens with one attached hydrogen (secondary N) is 2. The standard InChI is InChI=1S/C12H22N2O5/c1-12(2,3)19-11(18)14-8-5-4-7(6-9(8)15)13-10(16)17/h7-9,13,15H,4-6H2,1-3H3,(H,14,18)(H,16,17). The summed E-state index contributed by atoms with van der Waals surface area (Å²) in [6.45, 7) is 5.28. The van der Waals surface area contributed by atoms with Crippen LogP contribution >= 0.6 is 0 Å². The molecular formula is C12H22N2O5. The van der Waals surface area contributed by atoms with Gasteiger partial charge in [-0.25, -0.2) is 9.59 Å². The number of hydrogen-bond acceptors (Lipinski definition) is 4. The number of aliphatic hydroxyl groups excluding tert-OH is 1. The summed E-state index contributed by atoms with van der Waals surface area (Å²) in [7, 11) is 0. The van der Waals surface area contributed by atoms with Crippen LogP contribution in [0.2, 0.25) is 0 Å². The van der Waals surface area contributed by atoms with E-state index in [1.54, 1.807) is 20.8 Å². The first kappa shape index (κ1) is 15.6. The molecule has 0 radical (unpaired) electrons. The van der Waals surface area contributed by atoms with Crippen LogP contribution in [0.1, 0.15) is 40.0 Å². The molecule has 4 N–H and O–H groups in total. The number of rotatable bonds is 2. The van der Waals surface area contributed by atoms with Gasteiger partial charge in [0.25, 0.3) is 0 Å². The Morgan fingerprint density at radius 2 is 1.84 bits per heavy atom. The normalized spacial score (nSPS) is 27.5. The van der Waals surface area contributed by atoms with Gasteiger partial charge in [-0.3, -0.25) is 0 Å². The topological polar surface area (TPSA) is 108 Å². The summed E-state index contributed by atoms with van der Waals surface area (Å²) >= 11 is 0. The van der Waals surface area contributed by atoms with Crippen molar-refractivity contribution in [3.05, 3.63) is 0 Å². The molecule has 0 spiro atoms. The van der Waals surface area contributed by atoms with Crippen LogP contribution in [0.5, 0.6) is 0 Å². The third kappa shape index (κ3) is 5.78. The lowest BCUT2D eigenvalue weighted by Crippen LogP contribution is -2.52. The van der Waals surface area contributed by atoms with Gasteiger partial charge in [-0.15, -0.1) is 0 Å². The number of ether oxygens (including phenoxy) is 1. The highest BCUT2D eigenvalue weighted by Crippen LogP contribution is 2.20. The zero-order valence-electron chi connectivity index (χ0n) is 11.5. The van der Waals surface area contributed by atoms with E-state index < -0.39 is 29.9 Å². The van der Waals surface area contributed by atoms with Crippen LogP contribution < -0.4 is 10.6 Å². The molecule has 19 heavy (non-hydrogen) atoms. The molecule has 0 bridgehead atoms. The van der Waals surface area contributed by atoms with E-state index in [4.69, 9.17) is 9.84 Å². The number of carbonyl (C=O) groups excluding carboxylic acids is 1. The molecule has 0 heterocycles. The molecule has 1 aliphatic carbocycles. The van der Waals surface area contributed by atoms with Crippen LogP contribution in [0, 0.1) is 0 Å². The molecule has 0 aliphatic heterocycles. The van der Waals surface area contributed by atoms with Crippen LogP contribution in [0.15, 0.2) is 0 Å². The van der Waals surface area contributed by atoms with E-state index in [1.165, 1.54) is 0 Å². The lowest BCUT2D eigenvalue weighted by molar-refractivity contribution is 0.0328. The quantitative estimate of drug-likeness (QED) is 0.602. The molecule has 3 atom stereocenters. The van der Waals surface area contributed by atoms with Crippen molar-refractivity contribution in [3.8, 4) is 0 Å². The number of alkyl carbamates (subject to hydrolysis) is 1. The van der Waals surface area contributed by atoms with Gasteiger partial charge < -0.3 is 25.6 Å². The van der Waals surface area contributed by atoms with E-state index in [0.717, 1.165) is 0 Å². The van der Waals surface area contributed by atoms with Crippen LogP contribution in [0.4, 0.5) is 9.59 Å². The number of carboxylic acid groups (broad SMARTS) is 1. The van der Waals surface area contributed by atoms with E-state index in [1.807, 2.05) is 0 Å². The number of hydrogen-bond donors (Lipinski definition) is 4. The molecule has 0 saturated heterocycles. The van der Waals surface area contributed by atoms with Gasteiger partial charge in [0, 0.05) is 6.04 Å². The van der Waals surface area contributed by atoms with Crippen molar-refractivity contribution in [1.29, 1.82) is 0 Å². The Balaban J connectivity index is 2.41. The molecule has 1 saturated carbocycles. The second kappa shape index (κ2) is 6.10. The van der Waals surface area contributed by atoms with Gasteiger partial charge in [0.2, 0.25) is 0 Å². The molecule has 7 nitrogen and oxygen atoms in total. The third-order valence-electron chi connectivity index (χ3n) is 2.85.